The van der Waals surface area contributed by atoms with Crippen molar-refractivity contribution >= 4 is 29.9 Å². The summed E-state index contributed by atoms with van der Waals surface area (Å²) >= 11 is 0. The van der Waals surface area contributed by atoms with Gasteiger partial charge < -0.3 is 20.5 Å². The molecule has 0 bridgehead atoms. The molecule has 0 fully saturated rings. The predicted molar refractivity (Wildman–Crippen MR) is 81.8 cm³/mol. The van der Waals surface area contributed by atoms with Crippen molar-refractivity contribution in [2.75, 3.05) is 13.7 Å². The molecule has 100 valence electrons. The van der Waals surface area contributed by atoms with E-state index in [1.807, 2.05) is 6.07 Å². The fourth-order valence-corrected chi connectivity index (χ4v) is 1.69. The normalized spacial score (nSPS) is 17.4. The van der Waals surface area contributed by atoms with Crippen LogP contribution < -0.4 is 15.4 Å². The number of phenolic OH excluding ortho intramolecular Hbond substituents is 1. The van der Waals surface area contributed by atoms with Gasteiger partial charge in [-0.1, -0.05) is 6.07 Å². The Morgan fingerprint density at radius 3 is 2.89 bits per heavy atom. The van der Waals surface area contributed by atoms with E-state index in [1.165, 1.54) is 7.11 Å². The molecule has 1 unspecified atom stereocenters. The summed E-state index contributed by atoms with van der Waals surface area (Å²) in [5, 5.41) is 16.0. The number of benzene rings is 1. The summed E-state index contributed by atoms with van der Waals surface area (Å²) in [6, 6.07) is 5.73. The first-order chi connectivity index (χ1) is 8.19. The van der Waals surface area contributed by atoms with E-state index in [9.17, 15) is 5.11 Å². The van der Waals surface area contributed by atoms with Crippen molar-refractivity contribution in [1.82, 2.24) is 10.6 Å². The van der Waals surface area contributed by atoms with Crippen LogP contribution >= 0.6 is 24.0 Å². The highest BCUT2D eigenvalue weighted by Crippen LogP contribution is 2.25. The Balaban J connectivity index is 0.00000162. The average molecular weight is 363 g/mol. The van der Waals surface area contributed by atoms with Crippen LogP contribution in [-0.4, -0.2) is 30.8 Å². The summed E-state index contributed by atoms with van der Waals surface area (Å²) in [5.74, 6) is 1.45. The largest absolute Gasteiger partial charge is 0.504 e. The molecule has 0 aromatic heterocycles. The number of nitrogens with zero attached hydrogens (tertiary/aromatic N) is 1. The molecule has 1 aromatic carbocycles. The first-order valence-electron chi connectivity index (χ1n) is 5.60. The second-order valence-electron chi connectivity index (χ2n) is 4.09. The van der Waals surface area contributed by atoms with Gasteiger partial charge in [0.25, 0.3) is 0 Å². The fourth-order valence-electron chi connectivity index (χ4n) is 1.69. The zero-order valence-corrected chi connectivity index (χ0v) is 12.8. The number of aromatic hydroxyl groups is 1. The van der Waals surface area contributed by atoms with Gasteiger partial charge in [0.2, 0.25) is 0 Å². The van der Waals surface area contributed by atoms with Crippen LogP contribution in [0.3, 0.4) is 0 Å². The minimum Gasteiger partial charge on any atom is -0.504 e. The second-order valence-corrected chi connectivity index (χ2v) is 4.09. The standard InChI is InChI=1S/C12H17N3O2.HI/c1-8-6-13-12(15-8)14-7-9-3-4-11(17-2)10(16)5-9;/h3-5,8,16H,6-7H2,1-2H3,(H2,13,14,15);1H. The fraction of sp³-hybridized carbons (Fsp3) is 0.417. The van der Waals surface area contributed by atoms with Gasteiger partial charge in [0, 0.05) is 12.6 Å². The molecular weight excluding hydrogens is 345 g/mol. The summed E-state index contributed by atoms with van der Waals surface area (Å²) in [7, 11) is 1.53. The molecule has 0 radical (unpaired) electrons. The first-order valence-corrected chi connectivity index (χ1v) is 5.60. The molecule has 0 amide bonds. The van der Waals surface area contributed by atoms with Crippen molar-refractivity contribution in [2.24, 2.45) is 4.99 Å². The molecule has 0 saturated heterocycles. The monoisotopic (exact) mass is 363 g/mol. The van der Waals surface area contributed by atoms with E-state index < -0.39 is 0 Å². The maximum atomic E-state index is 9.63. The van der Waals surface area contributed by atoms with Crippen LogP contribution in [0.5, 0.6) is 11.5 Å². The molecule has 5 nitrogen and oxygen atoms in total. The predicted octanol–water partition coefficient (Wildman–Crippen LogP) is 1.46. The molecule has 0 spiro atoms. The lowest BCUT2D eigenvalue weighted by Gasteiger charge is -2.10. The van der Waals surface area contributed by atoms with E-state index >= 15 is 0 Å². The second kappa shape index (κ2) is 6.67. The Labute approximate surface area is 124 Å². The zero-order valence-electron chi connectivity index (χ0n) is 10.4. The number of hydrogen-bond donors (Lipinski definition) is 3. The topological polar surface area (TPSA) is 65.9 Å². The molecule has 1 aromatic rings. The van der Waals surface area contributed by atoms with E-state index in [1.54, 1.807) is 12.1 Å². The average Bonchev–Trinajstić information content (AvgIpc) is 2.73. The van der Waals surface area contributed by atoms with E-state index in [-0.39, 0.29) is 29.7 Å². The molecule has 1 atom stereocenters. The molecular formula is C12H18IN3O2. The molecule has 1 heterocycles. The van der Waals surface area contributed by atoms with E-state index in [4.69, 9.17) is 4.74 Å². The number of aliphatic imine (C=N–C) groups is 1. The highest BCUT2D eigenvalue weighted by molar-refractivity contribution is 14.0. The SMILES string of the molecule is COc1ccc(CNC2=NCC(C)N2)cc1O.I. The van der Waals surface area contributed by atoms with Crippen LogP contribution in [0.2, 0.25) is 0 Å². The van der Waals surface area contributed by atoms with Crippen molar-refractivity contribution in [3.05, 3.63) is 23.8 Å². The third-order valence-electron chi connectivity index (χ3n) is 2.61. The maximum Gasteiger partial charge on any atom is 0.191 e. The summed E-state index contributed by atoms with van der Waals surface area (Å²) in [5.41, 5.74) is 0.979. The Kier molecular flexibility index (Phi) is 5.52. The summed E-state index contributed by atoms with van der Waals surface area (Å²) in [4.78, 5) is 4.30. The third kappa shape index (κ3) is 3.66. The Bertz CT molecular complexity index is 437. The van der Waals surface area contributed by atoms with Gasteiger partial charge >= 0.3 is 0 Å². The summed E-state index contributed by atoms with van der Waals surface area (Å²) in [6.07, 6.45) is 0. The molecule has 1 aliphatic rings. The van der Waals surface area contributed by atoms with Crippen molar-refractivity contribution in [2.45, 2.75) is 19.5 Å². The van der Waals surface area contributed by atoms with Crippen molar-refractivity contribution < 1.29 is 9.84 Å². The number of phenols is 1. The number of methoxy groups -OCH3 is 1. The number of hydrogen-bond acceptors (Lipinski definition) is 5. The van der Waals surface area contributed by atoms with Gasteiger partial charge in [-0.3, -0.25) is 4.99 Å². The third-order valence-corrected chi connectivity index (χ3v) is 2.61. The Morgan fingerprint density at radius 1 is 1.56 bits per heavy atom. The molecule has 3 N–H and O–H groups in total. The van der Waals surface area contributed by atoms with Crippen LogP contribution in [0.1, 0.15) is 12.5 Å². The minimum absolute atomic E-state index is 0. The first kappa shape index (κ1) is 14.9. The molecule has 18 heavy (non-hydrogen) atoms. The van der Waals surface area contributed by atoms with Gasteiger partial charge in [0.1, 0.15) is 0 Å². The van der Waals surface area contributed by atoms with E-state index in [0.717, 1.165) is 18.1 Å². The minimum atomic E-state index is 0. The van der Waals surface area contributed by atoms with E-state index in [2.05, 4.69) is 22.5 Å². The Hall–Kier alpha value is -1.18. The van der Waals surface area contributed by atoms with Crippen molar-refractivity contribution in [3.63, 3.8) is 0 Å². The van der Waals surface area contributed by atoms with Crippen molar-refractivity contribution in [1.29, 1.82) is 0 Å². The highest BCUT2D eigenvalue weighted by atomic mass is 127. The van der Waals surface area contributed by atoms with E-state index in [0.29, 0.717) is 18.3 Å². The quantitative estimate of drug-likeness (QED) is 0.712. The van der Waals surface area contributed by atoms with Gasteiger partial charge in [-0.15, -0.1) is 24.0 Å². The lowest BCUT2D eigenvalue weighted by Crippen LogP contribution is -2.37. The van der Waals surface area contributed by atoms with Crippen LogP contribution in [0.15, 0.2) is 23.2 Å². The van der Waals surface area contributed by atoms with Gasteiger partial charge in [0.15, 0.2) is 17.5 Å². The zero-order chi connectivity index (χ0) is 12.3. The van der Waals surface area contributed by atoms with Crippen LogP contribution in [-0.2, 0) is 6.54 Å². The lowest BCUT2D eigenvalue weighted by molar-refractivity contribution is 0.373. The van der Waals surface area contributed by atoms with Crippen molar-refractivity contribution in [3.8, 4) is 11.5 Å². The Morgan fingerprint density at radius 2 is 2.33 bits per heavy atom. The summed E-state index contributed by atoms with van der Waals surface area (Å²) < 4.78 is 4.99. The smallest absolute Gasteiger partial charge is 0.191 e. The number of halogens is 1. The van der Waals surface area contributed by atoms with Crippen LogP contribution in [0, 0.1) is 0 Å². The lowest BCUT2D eigenvalue weighted by atomic mass is 10.2. The number of guanidine groups is 1. The number of rotatable bonds is 3. The highest BCUT2D eigenvalue weighted by Gasteiger charge is 2.11. The van der Waals surface area contributed by atoms with Gasteiger partial charge in [0.05, 0.1) is 13.7 Å². The van der Waals surface area contributed by atoms with Crippen LogP contribution in [0.25, 0.3) is 0 Å². The van der Waals surface area contributed by atoms with Gasteiger partial charge in [-0.2, -0.15) is 0 Å². The molecule has 2 rings (SSSR count). The number of ether oxygens (including phenoxy) is 1. The molecule has 0 saturated carbocycles. The molecule has 1 aliphatic heterocycles. The molecule has 6 heteroatoms. The van der Waals surface area contributed by atoms with Gasteiger partial charge in [-0.05, 0) is 24.6 Å². The molecule has 0 aliphatic carbocycles. The summed E-state index contributed by atoms with van der Waals surface area (Å²) in [6.45, 7) is 3.50. The van der Waals surface area contributed by atoms with Crippen LogP contribution in [0.4, 0.5) is 0 Å². The maximum absolute atomic E-state index is 9.63. The number of nitrogens with one attached hydrogen (secondary N) is 2. The van der Waals surface area contributed by atoms with Gasteiger partial charge in [-0.25, -0.2) is 0 Å².